The van der Waals surface area contributed by atoms with Crippen molar-refractivity contribution in [1.82, 2.24) is 19.2 Å². The Morgan fingerprint density at radius 2 is 1.64 bits per heavy atom. The zero-order valence-corrected chi connectivity index (χ0v) is 19.9. The molecule has 1 aliphatic carbocycles. The van der Waals surface area contributed by atoms with Crippen molar-refractivity contribution in [3.05, 3.63) is 92.6 Å². The van der Waals surface area contributed by atoms with Crippen molar-refractivity contribution < 1.29 is 0 Å². The number of aromatic nitrogens is 4. The van der Waals surface area contributed by atoms with E-state index in [1.165, 1.54) is 28.0 Å². The van der Waals surface area contributed by atoms with Gasteiger partial charge in [0.05, 0.1) is 5.39 Å². The Bertz CT molecular complexity index is 1490. The van der Waals surface area contributed by atoms with Gasteiger partial charge in [-0.3, -0.25) is 9.36 Å². The summed E-state index contributed by atoms with van der Waals surface area (Å²) >= 11 is 3.44. The van der Waals surface area contributed by atoms with Crippen LogP contribution >= 0.6 is 23.1 Å². The van der Waals surface area contributed by atoms with Crippen molar-refractivity contribution in [3.63, 3.8) is 0 Å². The summed E-state index contributed by atoms with van der Waals surface area (Å²) in [4.78, 5) is 16.1. The van der Waals surface area contributed by atoms with Crippen LogP contribution in [0.5, 0.6) is 0 Å². The second kappa shape index (κ2) is 8.80. The van der Waals surface area contributed by atoms with Crippen LogP contribution in [0.3, 0.4) is 0 Å². The zero-order valence-electron chi connectivity index (χ0n) is 18.2. The molecular formula is C26H24N4OS2. The fourth-order valence-electron chi connectivity index (χ4n) is 4.67. The van der Waals surface area contributed by atoms with Crippen LogP contribution in [0.25, 0.3) is 16.0 Å². The topological polar surface area (TPSA) is 52.2 Å². The Kier molecular flexibility index (Phi) is 5.52. The molecule has 1 aliphatic rings. The van der Waals surface area contributed by atoms with E-state index >= 15 is 0 Å². The number of hydrogen-bond acceptors (Lipinski definition) is 5. The number of rotatable bonds is 6. The normalized spacial score (nSPS) is 13.6. The average Bonchev–Trinajstić information content (AvgIpc) is 3.46. The number of thiophene rings is 1. The van der Waals surface area contributed by atoms with Gasteiger partial charge in [-0.2, -0.15) is 0 Å². The van der Waals surface area contributed by atoms with Gasteiger partial charge in [-0.15, -0.1) is 21.5 Å². The molecular weight excluding hydrogens is 448 g/mol. The number of aryl methyl sites for hydroxylation is 4. The van der Waals surface area contributed by atoms with E-state index in [1.807, 2.05) is 28.8 Å². The molecule has 0 bridgehead atoms. The molecule has 5 nitrogen and oxygen atoms in total. The van der Waals surface area contributed by atoms with Crippen molar-refractivity contribution in [1.29, 1.82) is 0 Å². The van der Waals surface area contributed by atoms with E-state index in [0.29, 0.717) is 12.3 Å². The number of fused-ring (bicyclic) bond motifs is 5. The lowest BCUT2D eigenvalue weighted by Gasteiger charge is -2.12. The largest absolute Gasteiger partial charge is 0.276 e. The summed E-state index contributed by atoms with van der Waals surface area (Å²) in [5.41, 5.74) is 3.81. The highest BCUT2D eigenvalue weighted by molar-refractivity contribution is 7.98. The molecule has 0 unspecified atom stereocenters. The van der Waals surface area contributed by atoms with E-state index in [-0.39, 0.29) is 5.56 Å². The highest BCUT2D eigenvalue weighted by atomic mass is 32.2. The standard InChI is InChI=1S/C26H24N4OS2/c31-23-22-20-13-7-8-14-21(20)33-24(22)30-25(29(23)16-15-18-9-3-1-4-10-18)27-28-26(30)32-17-19-11-5-2-6-12-19/h1-6,9-12H,7-8,13-17H2. The van der Waals surface area contributed by atoms with Crippen molar-refractivity contribution >= 4 is 39.1 Å². The highest BCUT2D eigenvalue weighted by Crippen LogP contribution is 2.36. The van der Waals surface area contributed by atoms with Crippen molar-refractivity contribution in [2.75, 3.05) is 0 Å². The zero-order chi connectivity index (χ0) is 22.2. The van der Waals surface area contributed by atoms with Crippen LogP contribution in [0.4, 0.5) is 0 Å². The molecule has 0 atom stereocenters. The maximum absolute atomic E-state index is 13.8. The molecule has 0 saturated heterocycles. The van der Waals surface area contributed by atoms with Crippen molar-refractivity contribution in [2.45, 2.75) is 49.6 Å². The number of benzene rings is 2. The first kappa shape index (κ1) is 20.7. The number of hydrogen-bond donors (Lipinski definition) is 0. The lowest BCUT2D eigenvalue weighted by atomic mass is 9.97. The van der Waals surface area contributed by atoms with Crippen LogP contribution in [-0.2, 0) is 31.6 Å². The smallest absolute Gasteiger partial charge is 0.263 e. The molecule has 6 rings (SSSR count). The molecule has 0 fully saturated rings. The van der Waals surface area contributed by atoms with Gasteiger partial charge in [0, 0.05) is 17.2 Å². The number of nitrogens with zero attached hydrogens (tertiary/aromatic N) is 4. The third kappa shape index (κ3) is 3.79. The van der Waals surface area contributed by atoms with Crippen molar-refractivity contribution in [2.24, 2.45) is 0 Å². The maximum Gasteiger partial charge on any atom is 0.263 e. The van der Waals surface area contributed by atoms with Gasteiger partial charge in [0.15, 0.2) is 5.16 Å². The molecule has 0 N–H and O–H groups in total. The van der Waals surface area contributed by atoms with E-state index in [4.69, 9.17) is 0 Å². The fraction of sp³-hybridized carbons (Fsp3) is 0.269. The molecule has 0 spiro atoms. The Morgan fingerprint density at radius 1 is 0.909 bits per heavy atom. The second-order valence-corrected chi connectivity index (χ2v) is 10.5. The molecule has 3 aromatic heterocycles. The van der Waals surface area contributed by atoms with Crippen LogP contribution in [0.1, 0.15) is 34.4 Å². The molecule has 33 heavy (non-hydrogen) atoms. The summed E-state index contributed by atoms with van der Waals surface area (Å²) < 4.78 is 3.98. The minimum atomic E-state index is 0.0832. The first-order chi connectivity index (χ1) is 16.3. The van der Waals surface area contributed by atoms with Gasteiger partial charge in [-0.25, -0.2) is 4.40 Å². The minimum absolute atomic E-state index is 0.0832. The monoisotopic (exact) mass is 472 g/mol. The summed E-state index contributed by atoms with van der Waals surface area (Å²) in [6.07, 6.45) is 5.19. The van der Waals surface area contributed by atoms with Gasteiger partial charge >= 0.3 is 0 Å². The van der Waals surface area contributed by atoms with Gasteiger partial charge in [-0.05, 0) is 48.8 Å². The SMILES string of the molecule is O=c1c2c3c(sc2n2c(SCc4ccccc4)nnc2n1CCc1ccccc1)CCCC3. The Hall–Kier alpha value is -2.90. The molecule has 0 radical (unpaired) electrons. The van der Waals surface area contributed by atoms with Gasteiger partial charge in [-0.1, -0.05) is 72.4 Å². The molecule has 0 aliphatic heterocycles. The average molecular weight is 473 g/mol. The van der Waals surface area contributed by atoms with Gasteiger partial charge in [0.25, 0.3) is 5.56 Å². The predicted octanol–water partition coefficient (Wildman–Crippen LogP) is 5.52. The molecule has 3 heterocycles. The van der Waals surface area contributed by atoms with Crippen LogP contribution in [0.2, 0.25) is 0 Å². The van der Waals surface area contributed by atoms with Crippen LogP contribution in [0.15, 0.2) is 70.6 Å². The highest BCUT2D eigenvalue weighted by Gasteiger charge is 2.24. The Morgan fingerprint density at radius 3 is 2.42 bits per heavy atom. The van der Waals surface area contributed by atoms with Crippen molar-refractivity contribution in [3.8, 4) is 0 Å². The summed E-state index contributed by atoms with van der Waals surface area (Å²) in [5, 5.41) is 10.8. The van der Waals surface area contributed by atoms with Gasteiger partial charge in [0.1, 0.15) is 4.83 Å². The lowest BCUT2D eigenvalue weighted by Crippen LogP contribution is -2.24. The quantitative estimate of drug-likeness (QED) is 0.305. The van der Waals surface area contributed by atoms with E-state index < -0.39 is 0 Å². The third-order valence-corrected chi connectivity index (χ3v) is 8.63. The van der Waals surface area contributed by atoms with E-state index in [0.717, 1.165) is 46.8 Å². The molecule has 0 saturated carbocycles. The second-order valence-electron chi connectivity index (χ2n) is 8.48. The van der Waals surface area contributed by atoms with Gasteiger partial charge < -0.3 is 0 Å². The van der Waals surface area contributed by atoms with Gasteiger partial charge in [0.2, 0.25) is 5.78 Å². The maximum atomic E-state index is 13.8. The molecule has 7 heteroatoms. The van der Waals surface area contributed by atoms with Crippen LogP contribution in [0, 0.1) is 0 Å². The summed E-state index contributed by atoms with van der Waals surface area (Å²) in [5.74, 6) is 1.47. The van der Waals surface area contributed by atoms with E-state index in [9.17, 15) is 4.79 Å². The Balaban J connectivity index is 1.49. The lowest BCUT2D eigenvalue weighted by molar-refractivity contribution is 0.673. The first-order valence-electron chi connectivity index (χ1n) is 11.4. The predicted molar refractivity (Wildman–Crippen MR) is 135 cm³/mol. The summed E-state index contributed by atoms with van der Waals surface area (Å²) in [6.45, 7) is 0.592. The summed E-state index contributed by atoms with van der Waals surface area (Å²) in [7, 11) is 0. The third-order valence-electron chi connectivity index (χ3n) is 6.35. The number of thioether (sulfide) groups is 1. The Labute approximate surface area is 200 Å². The minimum Gasteiger partial charge on any atom is -0.276 e. The first-order valence-corrected chi connectivity index (χ1v) is 13.2. The molecule has 166 valence electrons. The molecule has 0 amide bonds. The van der Waals surface area contributed by atoms with E-state index in [2.05, 4.69) is 51.0 Å². The van der Waals surface area contributed by atoms with Crippen LogP contribution in [-0.4, -0.2) is 19.2 Å². The van der Waals surface area contributed by atoms with Crippen LogP contribution < -0.4 is 5.56 Å². The fourth-order valence-corrected chi connectivity index (χ4v) is 7.00. The molecule has 2 aromatic carbocycles. The van der Waals surface area contributed by atoms with E-state index in [1.54, 1.807) is 23.1 Å². The summed E-state index contributed by atoms with van der Waals surface area (Å²) in [6, 6.07) is 20.7. The molecule has 5 aromatic rings.